The molecule has 1 aliphatic heterocycles. The molecule has 2 aromatic rings. The molecule has 1 aliphatic rings. The maximum absolute atomic E-state index is 5.82. The number of hydrogen-bond acceptors (Lipinski definition) is 3. The summed E-state index contributed by atoms with van der Waals surface area (Å²) in [6, 6.07) is 8.39. The molecule has 3 nitrogen and oxygen atoms in total. The number of ether oxygens (including phenoxy) is 1. The van der Waals surface area contributed by atoms with Crippen LogP contribution in [0.3, 0.4) is 0 Å². The van der Waals surface area contributed by atoms with Crippen molar-refractivity contribution in [2.75, 3.05) is 6.61 Å². The van der Waals surface area contributed by atoms with Crippen molar-refractivity contribution < 1.29 is 4.74 Å². The average molecular weight is 240 g/mol. The van der Waals surface area contributed by atoms with Gasteiger partial charge in [0.25, 0.3) is 0 Å². The molecular formula is C15H16N2O. The van der Waals surface area contributed by atoms with Gasteiger partial charge in [-0.05, 0) is 30.0 Å². The Morgan fingerprint density at radius 1 is 1.28 bits per heavy atom. The molecule has 0 saturated carbocycles. The number of hydrogen-bond donors (Lipinski definition) is 1. The third-order valence-corrected chi connectivity index (χ3v) is 3.28. The quantitative estimate of drug-likeness (QED) is 0.877. The van der Waals surface area contributed by atoms with Crippen LogP contribution in [0.25, 0.3) is 11.1 Å². The molecule has 0 spiro atoms. The van der Waals surface area contributed by atoms with Crippen LogP contribution in [0.5, 0.6) is 5.75 Å². The Morgan fingerprint density at radius 3 is 3.11 bits per heavy atom. The van der Waals surface area contributed by atoms with Gasteiger partial charge in [0.05, 0.1) is 6.61 Å². The normalized spacial score (nSPS) is 13.8. The van der Waals surface area contributed by atoms with Crippen molar-refractivity contribution in [1.82, 2.24) is 4.98 Å². The Kier molecular flexibility index (Phi) is 2.99. The van der Waals surface area contributed by atoms with Crippen LogP contribution in [0.2, 0.25) is 0 Å². The van der Waals surface area contributed by atoms with E-state index in [0.29, 0.717) is 6.54 Å². The van der Waals surface area contributed by atoms with E-state index in [0.717, 1.165) is 41.9 Å². The van der Waals surface area contributed by atoms with Crippen molar-refractivity contribution in [3.63, 3.8) is 0 Å². The van der Waals surface area contributed by atoms with Crippen molar-refractivity contribution in [3.05, 3.63) is 47.8 Å². The van der Waals surface area contributed by atoms with Crippen LogP contribution in [0.4, 0.5) is 0 Å². The highest BCUT2D eigenvalue weighted by atomic mass is 16.5. The van der Waals surface area contributed by atoms with E-state index in [9.17, 15) is 0 Å². The first-order chi connectivity index (χ1) is 8.88. The number of nitrogens with zero attached hydrogens (tertiary/aromatic N) is 1. The zero-order chi connectivity index (χ0) is 12.4. The Labute approximate surface area is 107 Å². The van der Waals surface area contributed by atoms with Gasteiger partial charge in [0, 0.05) is 30.1 Å². The van der Waals surface area contributed by atoms with E-state index in [1.807, 2.05) is 6.20 Å². The lowest BCUT2D eigenvalue weighted by molar-refractivity contribution is 0.289. The molecule has 2 heterocycles. The van der Waals surface area contributed by atoms with E-state index in [4.69, 9.17) is 10.5 Å². The Morgan fingerprint density at radius 2 is 2.22 bits per heavy atom. The largest absolute Gasteiger partial charge is 0.493 e. The van der Waals surface area contributed by atoms with Gasteiger partial charge in [-0.3, -0.25) is 4.98 Å². The van der Waals surface area contributed by atoms with Crippen molar-refractivity contribution in [2.45, 2.75) is 19.4 Å². The van der Waals surface area contributed by atoms with E-state index in [2.05, 4.69) is 29.2 Å². The number of nitrogens with two attached hydrogens (primary N) is 1. The fourth-order valence-electron chi connectivity index (χ4n) is 2.36. The number of para-hydroxylation sites is 1. The van der Waals surface area contributed by atoms with Crippen molar-refractivity contribution in [1.29, 1.82) is 0 Å². The zero-order valence-electron chi connectivity index (χ0n) is 10.2. The lowest BCUT2D eigenvalue weighted by Gasteiger charge is -2.20. The summed E-state index contributed by atoms with van der Waals surface area (Å²) >= 11 is 0. The molecule has 0 fully saturated rings. The highest BCUT2D eigenvalue weighted by Gasteiger charge is 2.15. The first-order valence-electron chi connectivity index (χ1n) is 6.27. The van der Waals surface area contributed by atoms with Crippen LogP contribution in [0.1, 0.15) is 17.5 Å². The smallest absolute Gasteiger partial charge is 0.130 e. The minimum absolute atomic E-state index is 0.511. The first-order valence-corrected chi connectivity index (χ1v) is 6.27. The highest BCUT2D eigenvalue weighted by Crippen LogP contribution is 2.35. The topological polar surface area (TPSA) is 48.1 Å². The molecule has 0 radical (unpaired) electrons. The minimum atomic E-state index is 0.511. The average Bonchev–Trinajstić information content (AvgIpc) is 2.47. The highest BCUT2D eigenvalue weighted by molar-refractivity contribution is 5.72. The van der Waals surface area contributed by atoms with E-state index in [1.54, 1.807) is 6.20 Å². The van der Waals surface area contributed by atoms with Crippen LogP contribution < -0.4 is 10.5 Å². The minimum Gasteiger partial charge on any atom is -0.493 e. The standard InChI is InChI=1S/C15H16N2O/c16-8-11-7-13(10-17-9-11)14-5-1-3-12-4-2-6-18-15(12)14/h1,3,5,7,9-10H,2,4,6,8,16H2. The lowest BCUT2D eigenvalue weighted by Crippen LogP contribution is -2.09. The second kappa shape index (κ2) is 4.78. The molecule has 0 amide bonds. The number of fused-ring (bicyclic) bond motifs is 1. The molecule has 0 bridgehead atoms. The fraction of sp³-hybridized carbons (Fsp3) is 0.267. The van der Waals surface area contributed by atoms with Gasteiger partial charge in [-0.15, -0.1) is 0 Å². The van der Waals surface area contributed by atoms with Gasteiger partial charge in [-0.25, -0.2) is 0 Å². The number of pyridine rings is 1. The van der Waals surface area contributed by atoms with Crippen LogP contribution in [0.15, 0.2) is 36.7 Å². The molecule has 1 aromatic carbocycles. The summed E-state index contributed by atoms with van der Waals surface area (Å²) < 4.78 is 5.82. The van der Waals surface area contributed by atoms with Gasteiger partial charge in [0.2, 0.25) is 0 Å². The maximum atomic E-state index is 5.82. The molecule has 2 N–H and O–H groups in total. The van der Waals surface area contributed by atoms with Gasteiger partial charge < -0.3 is 10.5 Å². The molecule has 3 rings (SSSR count). The zero-order valence-corrected chi connectivity index (χ0v) is 10.2. The molecule has 0 saturated heterocycles. The summed E-state index contributed by atoms with van der Waals surface area (Å²) in [5.41, 5.74) is 10.2. The lowest BCUT2D eigenvalue weighted by atomic mass is 9.98. The molecule has 0 unspecified atom stereocenters. The summed E-state index contributed by atoms with van der Waals surface area (Å²) in [7, 11) is 0. The molecule has 18 heavy (non-hydrogen) atoms. The second-order valence-corrected chi connectivity index (χ2v) is 4.53. The molecular weight excluding hydrogens is 224 g/mol. The van der Waals surface area contributed by atoms with Crippen LogP contribution in [-0.2, 0) is 13.0 Å². The summed E-state index contributed by atoms with van der Waals surface area (Å²) in [6.07, 6.45) is 5.86. The van der Waals surface area contributed by atoms with Gasteiger partial charge in [-0.2, -0.15) is 0 Å². The van der Waals surface area contributed by atoms with Crippen molar-refractivity contribution >= 4 is 0 Å². The van der Waals surface area contributed by atoms with E-state index in [-0.39, 0.29) is 0 Å². The van der Waals surface area contributed by atoms with Crippen molar-refractivity contribution in [3.8, 4) is 16.9 Å². The number of benzene rings is 1. The van der Waals surface area contributed by atoms with Gasteiger partial charge >= 0.3 is 0 Å². The van der Waals surface area contributed by atoms with Crippen molar-refractivity contribution in [2.24, 2.45) is 5.73 Å². The first kappa shape index (κ1) is 11.2. The molecule has 0 atom stereocenters. The Hall–Kier alpha value is -1.87. The monoisotopic (exact) mass is 240 g/mol. The van der Waals surface area contributed by atoms with Gasteiger partial charge in [0.1, 0.15) is 5.75 Å². The summed E-state index contributed by atoms with van der Waals surface area (Å²) in [6.45, 7) is 1.31. The third-order valence-electron chi connectivity index (χ3n) is 3.28. The predicted octanol–water partition coefficient (Wildman–Crippen LogP) is 2.53. The van der Waals surface area contributed by atoms with E-state index in [1.165, 1.54) is 5.56 Å². The van der Waals surface area contributed by atoms with E-state index >= 15 is 0 Å². The SMILES string of the molecule is NCc1cncc(-c2cccc3c2OCCC3)c1. The maximum Gasteiger partial charge on any atom is 0.130 e. The number of rotatable bonds is 2. The Balaban J connectivity index is 2.10. The third kappa shape index (κ3) is 1.97. The second-order valence-electron chi connectivity index (χ2n) is 4.53. The summed E-state index contributed by atoms with van der Waals surface area (Å²) in [5.74, 6) is 1.01. The molecule has 0 aliphatic carbocycles. The summed E-state index contributed by atoms with van der Waals surface area (Å²) in [5, 5.41) is 0. The van der Waals surface area contributed by atoms with E-state index < -0.39 is 0 Å². The molecule has 1 aromatic heterocycles. The fourth-order valence-corrected chi connectivity index (χ4v) is 2.36. The predicted molar refractivity (Wildman–Crippen MR) is 71.4 cm³/mol. The van der Waals surface area contributed by atoms with Gasteiger partial charge in [0.15, 0.2) is 0 Å². The van der Waals surface area contributed by atoms with Crippen LogP contribution in [0, 0.1) is 0 Å². The molecule has 3 heteroatoms. The summed E-state index contributed by atoms with van der Waals surface area (Å²) in [4.78, 5) is 4.25. The molecule has 92 valence electrons. The number of aromatic nitrogens is 1. The van der Waals surface area contributed by atoms with Crippen LogP contribution >= 0.6 is 0 Å². The van der Waals surface area contributed by atoms with Gasteiger partial charge in [-0.1, -0.05) is 18.2 Å². The Bertz CT molecular complexity index is 566. The number of aryl methyl sites for hydroxylation is 1. The van der Waals surface area contributed by atoms with Crippen LogP contribution in [-0.4, -0.2) is 11.6 Å².